The molecular formula is C17H21N3S. The van der Waals surface area contributed by atoms with E-state index >= 15 is 0 Å². The highest BCUT2D eigenvalue weighted by molar-refractivity contribution is 7.80. The monoisotopic (exact) mass is 299 g/mol. The molecular weight excluding hydrogens is 278 g/mol. The predicted molar refractivity (Wildman–Crippen MR) is 93.5 cm³/mol. The van der Waals surface area contributed by atoms with Crippen molar-refractivity contribution >= 4 is 28.6 Å². The maximum Gasteiger partial charge on any atom is 0.107 e. The fourth-order valence-electron chi connectivity index (χ4n) is 2.47. The molecule has 0 spiro atoms. The number of aryl methyl sites for hydroxylation is 3. The Bertz CT molecular complexity index is 662. The van der Waals surface area contributed by atoms with Gasteiger partial charge in [-0.1, -0.05) is 31.3 Å². The van der Waals surface area contributed by atoms with Gasteiger partial charge in [0, 0.05) is 24.1 Å². The first-order valence-corrected chi connectivity index (χ1v) is 7.45. The molecule has 1 aromatic heterocycles. The van der Waals surface area contributed by atoms with Gasteiger partial charge in [-0.2, -0.15) is 0 Å². The van der Waals surface area contributed by atoms with E-state index in [1.165, 1.54) is 5.56 Å². The molecule has 0 fully saturated rings. The van der Waals surface area contributed by atoms with E-state index in [-0.39, 0.29) is 0 Å². The SMILES string of the molecule is CCc1ccc(N(C)c2cc(C)nc(C)c2C(N)=S)cc1. The van der Waals surface area contributed by atoms with Gasteiger partial charge >= 0.3 is 0 Å². The first kappa shape index (κ1) is 15.4. The van der Waals surface area contributed by atoms with Crippen LogP contribution in [0.1, 0.15) is 29.4 Å². The summed E-state index contributed by atoms with van der Waals surface area (Å²) in [4.78, 5) is 6.95. The molecule has 1 aromatic carbocycles. The largest absolute Gasteiger partial charge is 0.389 e. The van der Waals surface area contributed by atoms with Crippen LogP contribution in [-0.2, 0) is 6.42 Å². The summed E-state index contributed by atoms with van der Waals surface area (Å²) in [6.07, 6.45) is 1.04. The molecule has 0 bridgehead atoms. The normalized spacial score (nSPS) is 10.5. The van der Waals surface area contributed by atoms with E-state index in [4.69, 9.17) is 18.0 Å². The minimum Gasteiger partial charge on any atom is -0.389 e. The number of rotatable bonds is 4. The van der Waals surface area contributed by atoms with E-state index in [2.05, 4.69) is 41.1 Å². The van der Waals surface area contributed by atoms with E-state index in [9.17, 15) is 0 Å². The molecule has 0 aliphatic heterocycles. The zero-order valence-corrected chi connectivity index (χ0v) is 13.8. The van der Waals surface area contributed by atoms with E-state index in [1.807, 2.05) is 27.0 Å². The van der Waals surface area contributed by atoms with Gasteiger partial charge in [-0.25, -0.2) is 0 Å². The molecule has 0 unspecified atom stereocenters. The highest BCUT2D eigenvalue weighted by Gasteiger charge is 2.15. The zero-order valence-electron chi connectivity index (χ0n) is 13.0. The summed E-state index contributed by atoms with van der Waals surface area (Å²) < 4.78 is 0. The van der Waals surface area contributed by atoms with Crippen LogP contribution in [0.2, 0.25) is 0 Å². The lowest BCUT2D eigenvalue weighted by Gasteiger charge is -2.24. The molecule has 0 saturated carbocycles. The number of nitrogens with zero attached hydrogens (tertiary/aromatic N) is 2. The lowest BCUT2D eigenvalue weighted by molar-refractivity contribution is 1.08. The van der Waals surface area contributed by atoms with Gasteiger partial charge in [-0.15, -0.1) is 0 Å². The second kappa shape index (κ2) is 6.22. The van der Waals surface area contributed by atoms with Crippen molar-refractivity contribution in [2.45, 2.75) is 27.2 Å². The molecule has 110 valence electrons. The van der Waals surface area contributed by atoms with Crippen molar-refractivity contribution < 1.29 is 0 Å². The van der Waals surface area contributed by atoms with Crippen molar-refractivity contribution in [1.82, 2.24) is 4.98 Å². The topological polar surface area (TPSA) is 42.2 Å². The molecule has 21 heavy (non-hydrogen) atoms. The van der Waals surface area contributed by atoms with Crippen molar-refractivity contribution in [2.75, 3.05) is 11.9 Å². The minimum atomic E-state index is 0.382. The van der Waals surface area contributed by atoms with Crippen LogP contribution in [-0.4, -0.2) is 17.0 Å². The summed E-state index contributed by atoms with van der Waals surface area (Å²) in [5.74, 6) is 0. The van der Waals surface area contributed by atoms with Crippen LogP contribution in [0, 0.1) is 13.8 Å². The summed E-state index contributed by atoms with van der Waals surface area (Å²) in [6, 6.07) is 10.6. The third-order valence-corrected chi connectivity index (χ3v) is 3.85. The summed E-state index contributed by atoms with van der Waals surface area (Å²) in [7, 11) is 2.02. The van der Waals surface area contributed by atoms with E-state index < -0.39 is 0 Å². The van der Waals surface area contributed by atoms with Gasteiger partial charge in [-0.05, 0) is 44.0 Å². The lowest BCUT2D eigenvalue weighted by atomic mass is 10.1. The first-order chi connectivity index (χ1) is 9.93. The van der Waals surface area contributed by atoms with Gasteiger partial charge in [0.25, 0.3) is 0 Å². The Hall–Kier alpha value is -1.94. The molecule has 2 N–H and O–H groups in total. The maximum absolute atomic E-state index is 5.89. The second-order valence-corrected chi connectivity index (χ2v) is 5.63. The van der Waals surface area contributed by atoms with Gasteiger partial charge in [0.1, 0.15) is 4.99 Å². The van der Waals surface area contributed by atoms with Crippen molar-refractivity contribution in [3.63, 3.8) is 0 Å². The molecule has 0 aliphatic carbocycles. The maximum atomic E-state index is 5.89. The smallest absolute Gasteiger partial charge is 0.107 e. The van der Waals surface area contributed by atoms with Crippen LogP contribution in [0.15, 0.2) is 30.3 Å². The molecule has 0 saturated heterocycles. The second-order valence-electron chi connectivity index (χ2n) is 5.19. The van der Waals surface area contributed by atoms with Crippen molar-refractivity contribution in [3.8, 4) is 0 Å². The van der Waals surface area contributed by atoms with Crippen LogP contribution < -0.4 is 10.6 Å². The Morgan fingerprint density at radius 1 is 1.24 bits per heavy atom. The predicted octanol–water partition coefficient (Wildman–Crippen LogP) is 3.66. The van der Waals surface area contributed by atoms with Crippen LogP contribution in [0.5, 0.6) is 0 Å². The minimum absolute atomic E-state index is 0.382. The van der Waals surface area contributed by atoms with Crippen LogP contribution in [0.4, 0.5) is 11.4 Å². The lowest BCUT2D eigenvalue weighted by Crippen LogP contribution is -2.20. The standard InChI is InChI=1S/C17H21N3S/c1-5-13-6-8-14(9-7-13)20(4)15-10-11(2)19-12(3)16(15)17(18)21/h6-10H,5H2,1-4H3,(H2,18,21). The molecule has 4 heteroatoms. The fraction of sp³-hybridized carbons (Fsp3) is 0.294. The van der Waals surface area contributed by atoms with Gasteiger partial charge in [0.05, 0.1) is 11.3 Å². The number of aromatic nitrogens is 1. The number of hydrogen-bond donors (Lipinski definition) is 1. The number of benzene rings is 1. The van der Waals surface area contributed by atoms with Crippen molar-refractivity contribution in [1.29, 1.82) is 0 Å². The summed E-state index contributed by atoms with van der Waals surface area (Å²) in [5, 5.41) is 0. The Morgan fingerprint density at radius 2 is 1.86 bits per heavy atom. The van der Waals surface area contributed by atoms with Gasteiger partial charge in [-0.3, -0.25) is 4.98 Å². The van der Waals surface area contributed by atoms with Crippen molar-refractivity contribution in [3.05, 3.63) is 52.8 Å². The Morgan fingerprint density at radius 3 is 2.38 bits per heavy atom. The molecule has 2 rings (SSSR count). The van der Waals surface area contributed by atoms with E-state index in [0.29, 0.717) is 4.99 Å². The fourth-order valence-corrected chi connectivity index (χ4v) is 2.72. The molecule has 0 amide bonds. The number of pyridine rings is 1. The molecule has 3 nitrogen and oxygen atoms in total. The average molecular weight is 299 g/mol. The van der Waals surface area contributed by atoms with Gasteiger partial charge < -0.3 is 10.6 Å². The van der Waals surface area contributed by atoms with Crippen LogP contribution in [0.25, 0.3) is 0 Å². The average Bonchev–Trinajstić information content (AvgIpc) is 2.45. The number of thiocarbonyl (C=S) groups is 1. The summed E-state index contributed by atoms with van der Waals surface area (Å²) in [5.41, 5.74) is 12.0. The Kier molecular flexibility index (Phi) is 4.58. The molecule has 2 aromatic rings. The highest BCUT2D eigenvalue weighted by atomic mass is 32.1. The molecule has 0 radical (unpaired) electrons. The number of anilines is 2. The third-order valence-electron chi connectivity index (χ3n) is 3.65. The third kappa shape index (κ3) is 3.22. The van der Waals surface area contributed by atoms with Crippen LogP contribution >= 0.6 is 12.2 Å². The summed E-state index contributed by atoms with van der Waals surface area (Å²) in [6.45, 7) is 6.08. The van der Waals surface area contributed by atoms with E-state index in [0.717, 1.165) is 34.7 Å². The van der Waals surface area contributed by atoms with Gasteiger partial charge in [0.15, 0.2) is 0 Å². The highest BCUT2D eigenvalue weighted by Crippen LogP contribution is 2.29. The number of nitrogens with two attached hydrogens (primary N) is 1. The van der Waals surface area contributed by atoms with Crippen molar-refractivity contribution in [2.24, 2.45) is 5.73 Å². The Labute approximate surface area is 131 Å². The van der Waals surface area contributed by atoms with E-state index in [1.54, 1.807) is 0 Å². The zero-order chi connectivity index (χ0) is 15.6. The first-order valence-electron chi connectivity index (χ1n) is 7.04. The summed E-state index contributed by atoms with van der Waals surface area (Å²) >= 11 is 5.20. The van der Waals surface area contributed by atoms with Gasteiger partial charge in [0.2, 0.25) is 0 Å². The molecule has 0 atom stereocenters. The molecule has 1 heterocycles. The number of hydrogen-bond acceptors (Lipinski definition) is 3. The molecule has 0 aliphatic rings. The van der Waals surface area contributed by atoms with Crippen LogP contribution in [0.3, 0.4) is 0 Å². The Balaban J connectivity index is 2.51. The quantitative estimate of drug-likeness (QED) is 0.875.